The fraction of sp³-hybridized carbons (Fsp3) is 0.143. The minimum atomic E-state index is -1.03. The molecule has 29 heavy (non-hydrogen) atoms. The SMILES string of the molecule is COc1ccc(CNc2cc(C(=O)Nc3ccc(F)c(F)c3)ccn2)cc1OC. The Bertz CT molecular complexity index is 1030. The van der Waals surface area contributed by atoms with E-state index in [1.165, 1.54) is 18.3 Å². The van der Waals surface area contributed by atoms with Gasteiger partial charge < -0.3 is 20.1 Å². The number of ether oxygens (including phenoxy) is 2. The molecule has 150 valence electrons. The molecular formula is C21H19F2N3O3. The monoisotopic (exact) mass is 399 g/mol. The van der Waals surface area contributed by atoms with Crippen LogP contribution in [0.4, 0.5) is 20.3 Å². The quantitative estimate of drug-likeness (QED) is 0.622. The summed E-state index contributed by atoms with van der Waals surface area (Å²) in [5.74, 6) is -0.752. The Hall–Kier alpha value is -3.68. The molecule has 1 amide bonds. The lowest BCUT2D eigenvalue weighted by Crippen LogP contribution is -2.13. The highest BCUT2D eigenvalue weighted by Gasteiger charge is 2.10. The molecule has 0 saturated carbocycles. The molecule has 0 spiro atoms. The fourth-order valence-corrected chi connectivity index (χ4v) is 2.63. The van der Waals surface area contributed by atoms with Crippen molar-refractivity contribution in [2.24, 2.45) is 0 Å². The molecule has 2 N–H and O–H groups in total. The summed E-state index contributed by atoms with van der Waals surface area (Å²) >= 11 is 0. The fourth-order valence-electron chi connectivity index (χ4n) is 2.63. The molecule has 6 nitrogen and oxygen atoms in total. The smallest absolute Gasteiger partial charge is 0.255 e. The molecule has 3 rings (SSSR count). The van der Waals surface area contributed by atoms with Crippen molar-refractivity contribution < 1.29 is 23.0 Å². The van der Waals surface area contributed by atoms with Crippen molar-refractivity contribution in [1.82, 2.24) is 4.98 Å². The first-order valence-corrected chi connectivity index (χ1v) is 8.67. The molecule has 0 saturated heterocycles. The van der Waals surface area contributed by atoms with E-state index in [-0.39, 0.29) is 5.69 Å². The minimum Gasteiger partial charge on any atom is -0.493 e. The Kier molecular flexibility index (Phi) is 6.23. The van der Waals surface area contributed by atoms with E-state index < -0.39 is 17.5 Å². The molecule has 1 heterocycles. The number of methoxy groups -OCH3 is 2. The largest absolute Gasteiger partial charge is 0.493 e. The first kappa shape index (κ1) is 20.1. The Morgan fingerprint density at radius 1 is 0.966 bits per heavy atom. The second-order valence-electron chi connectivity index (χ2n) is 6.06. The molecular weight excluding hydrogens is 380 g/mol. The third-order valence-electron chi connectivity index (χ3n) is 4.12. The highest BCUT2D eigenvalue weighted by molar-refractivity contribution is 6.04. The normalized spacial score (nSPS) is 10.3. The van der Waals surface area contributed by atoms with E-state index in [0.29, 0.717) is 29.4 Å². The van der Waals surface area contributed by atoms with Crippen molar-refractivity contribution >= 4 is 17.4 Å². The number of aromatic nitrogens is 1. The first-order chi connectivity index (χ1) is 14.0. The predicted octanol–water partition coefficient (Wildman–Crippen LogP) is 4.24. The molecule has 1 aromatic heterocycles. The molecule has 0 atom stereocenters. The number of nitrogens with zero attached hydrogens (tertiary/aromatic N) is 1. The lowest BCUT2D eigenvalue weighted by molar-refractivity contribution is 0.102. The van der Waals surface area contributed by atoms with Crippen LogP contribution in [-0.2, 0) is 6.54 Å². The van der Waals surface area contributed by atoms with Crippen molar-refractivity contribution in [2.75, 3.05) is 24.9 Å². The number of hydrogen-bond acceptors (Lipinski definition) is 5. The predicted molar refractivity (Wildman–Crippen MR) is 105 cm³/mol. The molecule has 3 aromatic rings. The number of rotatable bonds is 7. The van der Waals surface area contributed by atoms with E-state index in [9.17, 15) is 13.6 Å². The molecule has 0 radical (unpaired) electrons. The molecule has 0 fully saturated rings. The lowest BCUT2D eigenvalue weighted by Gasteiger charge is -2.11. The maximum absolute atomic E-state index is 13.3. The molecule has 0 unspecified atom stereocenters. The van der Waals surface area contributed by atoms with Crippen LogP contribution in [0.25, 0.3) is 0 Å². The summed E-state index contributed by atoms with van der Waals surface area (Å²) in [5.41, 5.74) is 1.41. The standard InChI is InChI=1S/C21H19F2N3O3/c1-28-18-6-3-13(9-19(18)29-2)12-25-20-10-14(7-8-24-20)21(27)26-15-4-5-16(22)17(23)11-15/h3-11H,12H2,1-2H3,(H,24,25)(H,26,27). The highest BCUT2D eigenvalue weighted by atomic mass is 19.2. The van der Waals surface area contributed by atoms with Gasteiger partial charge in [0.05, 0.1) is 14.2 Å². The van der Waals surface area contributed by atoms with Crippen LogP contribution in [0.1, 0.15) is 15.9 Å². The van der Waals surface area contributed by atoms with Crippen LogP contribution in [0.2, 0.25) is 0 Å². The van der Waals surface area contributed by atoms with Gasteiger partial charge >= 0.3 is 0 Å². The van der Waals surface area contributed by atoms with E-state index in [0.717, 1.165) is 17.7 Å². The third kappa shape index (κ3) is 4.98. The van der Waals surface area contributed by atoms with Crippen LogP contribution in [0.5, 0.6) is 11.5 Å². The van der Waals surface area contributed by atoms with Gasteiger partial charge in [0.1, 0.15) is 5.82 Å². The van der Waals surface area contributed by atoms with E-state index >= 15 is 0 Å². The van der Waals surface area contributed by atoms with Gasteiger partial charge in [0, 0.05) is 30.1 Å². The van der Waals surface area contributed by atoms with E-state index in [2.05, 4.69) is 15.6 Å². The first-order valence-electron chi connectivity index (χ1n) is 8.67. The van der Waals surface area contributed by atoms with Gasteiger partial charge in [0.2, 0.25) is 0 Å². The highest BCUT2D eigenvalue weighted by Crippen LogP contribution is 2.27. The van der Waals surface area contributed by atoms with Crippen LogP contribution < -0.4 is 20.1 Å². The molecule has 0 aliphatic heterocycles. The number of hydrogen-bond donors (Lipinski definition) is 2. The Morgan fingerprint density at radius 2 is 1.76 bits per heavy atom. The second-order valence-corrected chi connectivity index (χ2v) is 6.06. The minimum absolute atomic E-state index is 0.158. The average molecular weight is 399 g/mol. The third-order valence-corrected chi connectivity index (χ3v) is 4.12. The van der Waals surface area contributed by atoms with Crippen LogP contribution in [0.3, 0.4) is 0 Å². The van der Waals surface area contributed by atoms with E-state index in [1.54, 1.807) is 26.4 Å². The maximum Gasteiger partial charge on any atom is 0.255 e. The summed E-state index contributed by atoms with van der Waals surface area (Å²) in [6.07, 6.45) is 1.48. The van der Waals surface area contributed by atoms with Crippen molar-refractivity contribution in [1.29, 1.82) is 0 Å². The van der Waals surface area contributed by atoms with Crippen molar-refractivity contribution in [2.45, 2.75) is 6.54 Å². The number of carbonyl (C=O) groups is 1. The molecule has 8 heteroatoms. The Morgan fingerprint density at radius 3 is 2.48 bits per heavy atom. The van der Waals surface area contributed by atoms with Gasteiger partial charge in [-0.1, -0.05) is 6.07 Å². The molecule has 0 aliphatic carbocycles. The summed E-state index contributed by atoms with van der Waals surface area (Å²) in [5, 5.41) is 5.65. The van der Waals surface area contributed by atoms with Crippen molar-refractivity contribution in [3.63, 3.8) is 0 Å². The number of pyridine rings is 1. The van der Waals surface area contributed by atoms with Crippen LogP contribution in [-0.4, -0.2) is 25.1 Å². The van der Waals surface area contributed by atoms with Gasteiger partial charge in [-0.15, -0.1) is 0 Å². The van der Waals surface area contributed by atoms with Gasteiger partial charge in [0.25, 0.3) is 5.91 Å². The van der Waals surface area contributed by atoms with Crippen molar-refractivity contribution in [3.05, 3.63) is 77.5 Å². The molecule has 0 aliphatic rings. The topological polar surface area (TPSA) is 72.5 Å². The number of amides is 1. The summed E-state index contributed by atoms with van der Waals surface area (Å²) < 4.78 is 36.8. The maximum atomic E-state index is 13.3. The number of carbonyl (C=O) groups excluding carboxylic acids is 1. The number of halogens is 2. The molecule has 2 aromatic carbocycles. The number of benzene rings is 2. The number of nitrogens with one attached hydrogen (secondary N) is 2. The van der Waals surface area contributed by atoms with Crippen LogP contribution >= 0.6 is 0 Å². The second kappa shape index (κ2) is 9.01. The summed E-state index contributed by atoms with van der Waals surface area (Å²) in [6.45, 7) is 0.446. The average Bonchev–Trinajstić information content (AvgIpc) is 2.74. The van der Waals surface area contributed by atoms with Crippen LogP contribution in [0, 0.1) is 11.6 Å². The molecule has 0 bridgehead atoms. The van der Waals surface area contributed by atoms with Gasteiger partial charge in [-0.3, -0.25) is 4.79 Å². The lowest BCUT2D eigenvalue weighted by atomic mass is 10.2. The summed E-state index contributed by atoms with van der Waals surface area (Å²) in [6, 6.07) is 11.8. The van der Waals surface area contributed by atoms with Crippen LogP contribution in [0.15, 0.2) is 54.7 Å². The summed E-state index contributed by atoms with van der Waals surface area (Å²) in [4.78, 5) is 16.6. The van der Waals surface area contributed by atoms with Gasteiger partial charge in [-0.2, -0.15) is 0 Å². The Balaban J connectivity index is 1.67. The zero-order valence-corrected chi connectivity index (χ0v) is 15.8. The van der Waals surface area contributed by atoms with E-state index in [4.69, 9.17) is 9.47 Å². The number of anilines is 2. The summed E-state index contributed by atoms with van der Waals surface area (Å²) in [7, 11) is 3.13. The van der Waals surface area contributed by atoms with Gasteiger partial charge in [0.15, 0.2) is 23.1 Å². The van der Waals surface area contributed by atoms with Gasteiger partial charge in [-0.05, 0) is 42.0 Å². The van der Waals surface area contributed by atoms with Crippen molar-refractivity contribution in [3.8, 4) is 11.5 Å². The van der Waals surface area contributed by atoms with E-state index in [1.807, 2.05) is 12.1 Å². The zero-order valence-electron chi connectivity index (χ0n) is 15.8. The Labute approximate surface area is 166 Å². The van der Waals surface area contributed by atoms with Gasteiger partial charge in [-0.25, -0.2) is 13.8 Å². The zero-order chi connectivity index (χ0) is 20.8.